The van der Waals surface area contributed by atoms with Gasteiger partial charge in [-0.1, -0.05) is 189 Å². The molecule has 0 aromatic heterocycles. The minimum absolute atomic E-state index is 0.0244. The fraction of sp³-hybridized carbons (Fsp3) is 0.943. The highest BCUT2D eigenvalue weighted by atomic mass is 16.7. The summed E-state index contributed by atoms with van der Waals surface area (Å²) in [6.45, 7) is 19.4. The Kier molecular flexibility index (Phi) is 45.7. The van der Waals surface area contributed by atoms with Crippen molar-refractivity contribution in [2.24, 2.45) is 5.92 Å². The van der Waals surface area contributed by atoms with E-state index in [1.54, 1.807) is 0 Å². The van der Waals surface area contributed by atoms with E-state index in [1.807, 2.05) is 0 Å². The van der Waals surface area contributed by atoms with Gasteiger partial charge >= 0.3 is 18.1 Å². The summed E-state index contributed by atoms with van der Waals surface area (Å²) in [5, 5.41) is 0. The maximum atomic E-state index is 12.9. The van der Waals surface area contributed by atoms with Crippen LogP contribution >= 0.6 is 0 Å². The maximum Gasteiger partial charge on any atom is 0.508 e. The van der Waals surface area contributed by atoms with Gasteiger partial charge in [0.05, 0.1) is 6.61 Å². The Morgan fingerprint density at radius 1 is 0.387 bits per heavy atom. The maximum absolute atomic E-state index is 12.9. The number of carbonyl (C=O) groups excluding carboxylic acids is 3. The lowest BCUT2D eigenvalue weighted by molar-refractivity contribution is -0.145. The number of esters is 2. The summed E-state index contributed by atoms with van der Waals surface area (Å²) in [6, 6.07) is 0. The second-order valence-corrected chi connectivity index (χ2v) is 18.3. The van der Waals surface area contributed by atoms with Gasteiger partial charge in [-0.25, -0.2) is 4.79 Å². The van der Waals surface area contributed by atoms with Gasteiger partial charge in [-0.05, 0) is 70.4 Å². The van der Waals surface area contributed by atoms with Gasteiger partial charge in [-0.3, -0.25) is 14.5 Å². The van der Waals surface area contributed by atoms with Gasteiger partial charge in [0.15, 0.2) is 0 Å². The fourth-order valence-electron chi connectivity index (χ4n) is 8.24. The van der Waals surface area contributed by atoms with E-state index in [9.17, 15) is 14.4 Å². The zero-order valence-corrected chi connectivity index (χ0v) is 42.1. The SMILES string of the molecule is CCCCCCCCCCCCC(=O)OCCN(CCOC(=O)OC(CCCCCC)CCCCCCCCCC(=O)OCC(CCCC)CCCCCC)CCN(CC)CC. The summed E-state index contributed by atoms with van der Waals surface area (Å²) in [7, 11) is 0. The number of nitrogens with zero attached hydrogens (tertiary/aromatic N) is 2. The summed E-state index contributed by atoms with van der Waals surface area (Å²) in [4.78, 5) is 42.4. The molecule has 9 nitrogen and oxygen atoms in total. The molecule has 9 heteroatoms. The number of hydrogen-bond donors (Lipinski definition) is 0. The molecule has 0 N–H and O–H groups in total. The average molecular weight is 881 g/mol. The second kappa shape index (κ2) is 47.1. The van der Waals surface area contributed by atoms with Crippen molar-refractivity contribution < 1.29 is 33.3 Å². The van der Waals surface area contributed by atoms with Gasteiger partial charge < -0.3 is 23.8 Å². The van der Waals surface area contributed by atoms with E-state index in [4.69, 9.17) is 18.9 Å². The standard InChI is InChI=1S/C53H104N2O7/c1-7-13-17-20-21-22-23-26-29-34-40-51(56)59-46-44-55(43-42-54(11-5)12-6)45-47-60-53(58)62-50(38-32-19-15-9-3)39-33-28-25-24-27-30-35-41-52(57)61-48-49(36-16-10-4)37-31-18-14-8-2/h49-50H,7-48H2,1-6H3. The number of carbonyl (C=O) groups is 3. The number of rotatable bonds is 48. The lowest BCUT2D eigenvalue weighted by atomic mass is 9.96. The van der Waals surface area contributed by atoms with Gasteiger partial charge in [0.2, 0.25) is 0 Å². The van der Waals surface area contributed by atoms with Crippen LogP contribution in [-0.4, -0.2) is 93.1 Å². The van der Waals surface area contributed by atoms with E-state index < -0.39 is 6.16 Å². The van der Waals surface area contributed by atoms with Crippen molar-refractivity contribution in [3.8, 4) is 0 Å². The van der Waals surface area contributed by atoms with Crippen LogP contribution in [0.15, 0.2) is 0 Å². The van der Waals surface area contributed by atoms with E-state index in [0.717, 1.165) is 103 Å². The molecule has 0 fully saturated rings. The first kappa shape index (κ1) is 60.1. The van der Waals surface area contributed by atoms with Crippen molar-refractivity contribution in [1.82, 2.24) is 9.80 Å². The molecule has 0 heterocycles. The molecule has 0 bridgehead atoms. The molecule has 0 rings (SSSR count). The zero-order chi connectivity index (χ0) is 45.6. The molecule has 0 saturated carbocycles. The van der Waals surface area contributed by atoms with Crippen molar-refractivity contribution >= 4 is 18.1 Å². The van der Waals surface area contributed by atoms with Crippen LogP contribution in [0.25, 0.3) is 0 Å². The van der Waals surface area contributed by atoms with E-state index in [2.05, 4.69) is 51.3 Å². The summed E-state index contributed by atoms with van der Waals surface area (Å²) < 4.78 is 22.9. The van der Waals surface area contributed by atoms with Crippen LogP contribution in [0.2, 0.25) is 0 Å². The smallest absolute Gasteiger partial charge is 0.465 e. The Labute approximate surface area is 384 Å². The first-order valence-electron chi connectivity index (χ1n) is 26.9. The minimum atomic E-state index is -0.570. The fourth-order valence-corrected chi connectivity index (χ4v) is 8.24. The summed E-state index contributed by atoms with van der Waals surface area (Å²) in [5.41, 5.74) is 0. The summed E-state index contributed by atoms with van der Waals surface area (Å²) in [6.07, 6.45) is 36.6. The molecule has 0 spiro atoms. The molecule has 368 valence electrons. The van der Waals surface area contributed by atoms with Crippen LogP contribution in [0.1, 0.15) is 253 Å². The zero-order valence-electron chi connectivity index (χ0n) is 42.1. The Morgan fingerprint density at radius 2 is 0.774 bits per heavy atom. The van der Waals surface area contributed by atoms with Gasteiger partial charge in [0.1, 0.15) is 19.3 Å². The molecule has 2 atom stereocenters. The van der Waals surface area contributed by atoms with Gasteiger partial charge in [0.25, 0.3) is 0 Å². The summed E-state index contributed by atoms with van der Waals surface area (Å²) >= 11 is 0. The van der Waals surface area contributed by atoms with Crippen LogP contribution < -0.4 is 0 Å². The van der Waals surface area contributed by atoms with Crippen LogP contribution in [0.4, 0.5) is 4.79 Å². The minimum Gasteiger partial charge on any atom is -0.465 e. The van der Waals surface area contributed by atoms with Crippen molar-refractivity contribution in [2.45, 2.75) is 260 Å². The summed E-state index contributed by atoms with van der Waals surface area (Å²) in [5.74, 6) is 0.385. The Morgan fingerprint density at radius 3 is 1.27 bits per heavy atom. The third-order valence-electron chi connectivity index (χ3n) is 12.6. The topological polar surface area (TPSA) is 94.6 Å². The van der Waals surface area contributed by atoms with Crippen LogP contribution in [0.5, 0.6) is 0 Å². The van der Waals surface area contributed by atoms with Crippen molar-refractivity contribution in [1.29, 1.82) is 0 Å². The first-order valence-corrected chi connectivity index (χ1v) is 26.9. The molecule has 0 aromatic carbocycles. The molecule has 0 amide bonds. The highest BCUT2D eigenvalue weighted by molar-refractivity contribution is 5.69. The van der Waals surface area contributed by atoms with Crippen LogP contribution in [-0.2, 0) is 28.5 Å². The molecule has 62 heavy (non-hydrogen) atoms. The molecular weight excluding hydrogens is 777 g/mol. The molecular formula is C53H104N2O7. The predicted molar refractivity (Wildman–Crippen MR) is 261 cm³/mol. The van der Waals surface area contributed by atoms with E-state index >= 15 is 0 Å². The van der Waals surface area contributed by atoms with Crippen molar-refractivity contribution in [3.63, 3.8) is 0 Å². The molecule has 0 aromatic rings. The van der Waals surface area contributed by atoms with Crippen molar-refractivity contribution in [2.75, 3.05) is 59.1 Å². The Hall–Kier alpha value is -1.87. The molecule has 0 aliphatic heterocycles. The third-order valence-corrected chi connectivity index (χ3v) is 12.6. The number of ether oxygens (including phenoxy) is 4. The number of likely N-dealkylation sites (N-methyl/N-ethyl adjacent to an activating group) is 1. The second-order valence-electron chi connectivity index (χ2n) is 18.3. The highest BCUT2D eigenvalue weighted by Crippen LogP contribution is 2.20. The number of unbranched alkanes of at least 4 members (excludes halogenated alkanes) is 22. The lowest BCUT2D eigenvalue weighted by Gasteiger charge is -2.26. The average Bonchev–Trinajstić information content (AvgIpc) is 3.27. The van der Waals surface area contributed by atoms with Crippen LogP contribution in [0, 0.1) is 5.92 Å². The van der Waals surface area contributed by atoms with Gasteiger partial charge in [-0.15, -0.1) is 0 Å². The number of hydrogen-bond acceptors (Lipinski definition) is 9. The van der Waals surface area contributed by atoms with Crippen molar-refractivity contribution in [3.05, 3.63) is 0 Å². The molecule has 0 aliphatic rings. The van der Waals surface area contributed by atoms with E-state index in [-0.39, 0.29) is 24.6 Å². The Balaban J connectivity index is 4.53. The van der Waals surface area contributed by atoms with Gasteiger partial charge in [-0.2, -0.15) is 0 Å². The van der Waals surface area contributed by atoms with Gasteiger partial charge in [0, 0.05) is 39.0 Å². The normalized spacial score (nSPS) is 12.5. The predicted octanol–water partition coefficient (Wildman–Crippen LogP) is 14.8. The monoisotopic (exact) mass is 881 g/mol. The largest absolute Gasteiger partial charge is 0.508 e. The molecule has 0 aliphatic carbocycles. The Bertz CT molecular complexity index is 978. The molecule has 0 radical (unpaired) electrons. The quantitative estimate of drug-likeness (QED) is 0.0336. The van der Waals surface area contributed by atoms with Crippen LogP contribution in [0.3, 0.4) is 0 Å². The molecule has 0 saturated heterocycles. The highest BCUT2D eigenvalue weighted by Gasteiger charge is 2.17. The van der Waals surface area contributed by atoms with E-state index in [0.29, 0.717) is 45.1 Å². The first-order chi connectivity index (χ1) is 30.3. The third kappa shape index (κ3) is 40.9. The van der Waals surface area contributed by atoms with E-state index in [1.165, 1.54) is 122 Å². The lowest BCUT2D eigenvalue weighted by Crippen LogP contribution is -2.39. The molecule has 2 unspecified atom stereocenters.